The number of aromatic nitrogens is 1. The number of hydrogen-bond donors (Lipinski definition) is 2. The highest BCUT2D eigenvalue weighted by molar-refractivity contribution is 7.99. The van der Waals surface area contributed by atoms with E-state index in [1.807, 2.05) is 0 Å². The highest BCUT2D eigenvalue weighted by atomic mass is 32.2. The number of aliphatic hydroxyl groups excluding tert-OH is 1. The van der Waals surface area contributed by atoms with Gasteiger partial charge in [-0.1, -0.05) is 6.07 Å². The molecule has 4 nitrogen and oxygen atoms in total. The summed E-state index contributed by atoms with van der Waals surface area (Å²) in [6.45, 7) is 0.128. The lowest BCUT2D eigenvalue weighted by atomic mass is 10.2. The highest BCUT2D eigenvalue weighted by Gasteiger charge is 2.10. The summed E-state index contributed by atoms with van der Waals surface area (Å²) < 4.78 is 13.1. The molecule has 1 amide bonds. The van der Waals surface area contributed by atoms with E-state index in [9.17, 15) is 9.18 Å². The van der Waals surface area contributed by atoms with Gasteiger partial charge in [-0.15, -0.1) is 11.8 Å². The molecule has 6 heteroatoms. The Kier molecular flexibility index (Phi) is 5.71. The summed E-state index contributed by atoms with van der Waals surface area (Å²) in [5.41, 5.74) is 0.833. The number of thioether (sulfide) groups is 1. The first-order valence-corrected chi connectivity index (χ1v) is 7.44. The topological polar surface area (TPSA) is 62.2 Å². The fraction of sp³-hybridized carbons (Fsp3) is 0.200. The molecule has 110 valence electrons. The van der Waals surface area contributed by atoms with Gasteiger partial charge < -0.3 is 10.4 Å². The molecule has 0 aliphatic carbocycles. The van der Waals surface area contributed by atoms with Crippen LogP contribution >= 0.6 is 11.8 Å². The second kappa shape index (κ2) is 7.75. The predicted molar refractivity (Wildman–Crippen MR) is 81.0 cm³/mol. The van der Waals surface area contributed by atoms with Crippen LogP contribution in [0.2, 0.25) is 0 Å². The number of rotatable bonds is 6. The van der Waals surface area contributed by atoms with Crippen molar-refractivity contribution in [2.24, 2.45) is 0 Å². The molecule has 0 aliphatic heterocycles. The van der Waals surface area contributed by atoms with Gasteiger partial charge in [0.2, 0.25) is 0 Å². The van der Waals surface area contributed by atoms with E-state index >= 15 is 0 Å². The van der Waals surface area contributed by atoms with E-state index in [1.165, 1.54) is 30.0 Å². The molecule has 0 saturated carbocycles. The lowest BCUT2D eigenvalue weighted by molar-refractivity contribution is 0.102. The number of hydrogen-bond acceptors (Lipinski definition) is 4. The fourth-order valence-corrected chi connectivity index (χ4v) is 2.58. The first kappa shape index (κ1) is 15.5. The maximum atomic E-state index is 13.1. The third-order valence-electron chi connectivity index (χ3n) is 2.68. The van der Waals surface area contributed by atoms with Crippen molar-refractivity contribution in [3.63, 3.8) is 0 Å². The molecule has 0 atom stereocenters. The molecule has 1 aromatic heterocycles. The molecule has 1 aromatic carbocycles. The van der Waals surface area contributed by atoms with Crippen molar-refractivity contribution in [1.82, 2.24) is 4.98 Å². The molecule has 0 spiro atoms. The Balaban J connectivity index is 2.10. The molecule has 0 unspecified atom stereocenters. The lowest BCUT2D eigenvalue weighted by Gasteiger charge is -2.10. The molecule has 0 bridgehead atoms. The van der Waals surface area contributed by atoms with E-state index < -0.39 is 5.82 Å². The van der Waals surface area contributed by atoms with Crippen LogP contribution in [0.3, 0.4) is 0 Å². The molecule has 0 saturated heterocycles. The summed E-state index contributed by atoms with van der Waals surface area (Å²) >= 11 is 1.52. The minimum atomic E-state index is -0.452. The van der Waals surface area contributed by atoms with Crippen molar-refractivity contribution in [3.8, 4) is 0 Å². The molecular weight excluding hydrogens is 291 g/mol. The number of nitrogens with zero attached hydrogens (tertiary/aromatic N) is 1. The Morgan fingerprint density at radius 3 is 3.00 bits per heavy atom. The van der Waals surface area contributed by atoms with Crippen molar-refractivity contribution >= 4 is 23.4 Å². The molecule has 0 fully saturated rings. The van der Waals surface area contributed by atoms with Crippen LogP contribution < -0.4 is 5.32 Å². The Labute approximate surface area is 126 Å². The number of anilines is 1. The van der Waals surface area contributed by atoms with E-state index in [-0.39, 0.29) is 18.1 Å². The minimum Gasteiger partial charge on any atom is -0.396 e. The van der Waals surface area contributed by atoms with Gasteiger partial charge in [-0.3, -0.25) is 9.78 Å². The van der Waals surface area contributed by atoms with Gasteiger partial charge in [-0.05, 0) is 30.7 Å². The molecule has 0 radical (unpaired) electrons. The maximum absolute atomic E-state index is 13.1. The van der Waals surface area contributed by atoms with Crippen LogP contribution in [0.1, 0.15) is 16.8 Å². The Hall–Kier alpha value is -1.92. The molecule has 21 heavy (non-hydrogen) atoms. The van der Waals surface area contributed by atoms with Crippen molar-refractivity contribution in [2.45, 2.75) is 11.3 Å². The number of amides is 1. The quantitative estimate of drug-likeness (QED) is 0.636. The van der Waals surface area contributed by atoms with Crippen molar-refractivity contribution in [2.75, 3.05) is 17.7 Å². The zero-order chi connectivity index (χ0) is 15.1. The molecule has 2 rings (SSSR count). The van der Waals surface area contributed by atoms with E-state index in [4.69, 9.17) is 5.11 Å². The van der Waals surface area contributed by atoms with Crippen LogP contribution in [-0.2, 0) is 0 Å². The van der Waals surface area contributed by atoms with Gasteiger partial charge in [0.1, 0.15) is 5.82 Å². The second-order valence-corrected chi connectivity index (χ2v) is 5.40. The SMILES string of the molecule is O=C(Nc1cnccc1SCCCO)c1cccc(F)c1. The summed E-state index contributed by atoms with van der Waals surface area (Å²) in [7, 11) is 0. The van der Waals surface area contributed by atoms with Crippen LogP contribution in [-0.4, -0.2) is 28.4 Å². The van der Waals surface area contributed by atoms with Crippen molar-refractivity contribution in [1.29, 1.82) is 0 Å². The van der Waals surface area contributed by atoms with Gasteiger partial charge >= 0.3 is 0 Å². The zero-order valence-corrected chi connectivity index (χ0v) is 12.1. The average Bonchev–Trinajstić information content (AvgIpc) is 2.49. The summed E-state index contributed by atoms with van der Waals surface area (Å²) in [6, 6.07) is 7.31. The highest BCUT2D eigenvalue weighted by Crippen LogP contribution is 2.27. The Morgan fingerprint density at radius 1 is 1.38 bits per heavy atom. The summed E-state index contributed by atoms with van der Waals surface area (Å²) in [6.07, 6.45) is 3.86. The monoisotopic (exact) mass is 306 g/mol. The first-order chi connectivity index (χ1) is 10.2. The standard InChI is InChI=1S/C15H15FN2O2S/c16-12-4-1-3-11(9-12)15(20)18-13-10-17-6-5-14(13)21-8-2-7-19/h1,3-6,9-10,19H,2,7-8H2,(H,18,20). The summed E-state index contributed by atoms with van der Waals surface area (Å²) in [4.78, 5) is 16.9. The zero-order valence-electron chi connectivity index (χ0n) is 11.3. The van der Waals surface area contributed by atoms with E-state index in [2.05, 4.69) is 10.3 Å². The molecular formula is C15H15FN2O2S. The van der Waals surface area contributed by atoms with Crippen LogP contribution in [0, 0.1) is 5.82 Å². The molecule has 2 aromatic rings. The average molecular weight is 306 g/mol. The van der Waals surface area contributed by atoms with Crippen molar-refractivity contribution < 1.29 is 14.3 Å². The lowest BCUT2D eigenvalue weighted by Crippen LogP contribution is -2.13. The van der Waals surface area contributed by atoms with Crippen LogP contribution in [0.25, 0.3) is 0 Å². The molecule has 2 N–H and O–H groups in total. The maximum Gasteiger partial charge on any atom is 0.255 e. The largest absolute Gasteiger partial charge is 0.396 e. The minimum absolute atomic E-state index is 0.128. The van der Waals surface area contributed by atoms with Gasteiger partial charge in [0.05, 0.1) is 11.9 Å². The Bertz CT molecular complexity index is 622. The van der Waals surface area contributed by atoms with Gasteiger partial charge in [0.15, 0.2) is 0 Å². The number of pyridine rings is 1. The number of halogens is 1. The number of carbonyl (C=O) groups excluding carboxylic acids is 1. The fourth-order valence-electron chi connectivity index (χ4n) is 1.67. The van der Waals surface area contributed by atoms with E-state index in [0.29, 0.717) is 12.1 Å². The normalized spacial score (nSPS) is 10.4. The number of nitrogens with one attached hydrogen (secondary N) is 1. The summed E-state index contributed by atoms with van der Waals surface area (Å²) in [5, 5.41) is 11.5. The number of aliphatic hydroxyl groups is 1. The van der Waals surface area contributed by atoms with Gasteiger partial charge in [0.25, 0.3) is 5.91 Å². The Morgan fingerprint density at radius 2 is 2.24 bits per heavy atom. The third-order valence-corrected chi connectivity index (χ3v) is 3.84. The van der Waals surface area contributed by atoms with Crippen LogP contribution in [0.5, 0.6) is 0 Å². The van der Waals surface area contributed by atoms with Crippen LogP contribution in [0.4, 0.5) is 10.1 Å². The van der Waals surface area contributed by atoms with Gasteiger partial charge in [-0.2, -0.15) is 0 Å². The molecule has 1 heterocycles. The van der Waals surface area contributed by atoms with Gasteiger partial charge in [0, 0.05) is 29.0 Å². The molecule has 0 aliphatic rings. The predicted octanol–water partition coefficient (Wildman–Crippen LogP) is 2.95. The van der Waals surface area contributed by atoms with Crippen LogP contribution in [0.15, 0.2) is 47.6 Å². The smallest absolute Gasteiger partial charge is 0.255 e. The van der Waals surface area contributed by atoms with E-state index in [1.54, 1.807) is 24.5 Å². The summed E-state index contributed by atoms with van der Waals surface area (Å²) in [5.74, 6) is -0.0959. The van der Waals surface area contributed by atoms with Crippen molar-refractivity contribution in [3.05, 3.63) is 54.1 Å². The van der Waals surface area contributed by atoms with E-state index in [0.717, 1.165) is 10.6 Å². The third kappa shape index (κ3) is 4.54. The first-order valence-electron chi connectivity index (χ1n) is 6.45. The number of carbonyl (C=O) groups is 1. The second-order valence-electron chi connectivity index (χ2n) is 4.26. The number of benzene rings is 1. The van der Waals surface area contributed by atoms with Gasteiger partial charge in [-0.25, -0.2) is 4.39 Å².